The maximum absolute atomic E-state index is 15.0. The third kappa shape index (κ3) is 4.25. The van der Waals surface area contributed by atoms with E-state index in [1.807, 2.05) is 6.07 Å². The number of fused-ring (bicyclic) bond motifs is 1. The smallest absolute Gasteiger partial charge is 0.255 e. The predicted molar refractivity (Wildman–Crippen MR) is 130 cm³/mol. The molecular weight excluding hydrogens is 478 g/mol. The highest BCUT2D eigenvalue weighted by Crippen LogP contribution is 2.35. The molecule has 3 N–H and O–H groups in total. The molecule has 1 amide bonds. The molecule has 4 aromatic rings. The number of amidine groups is 1. The van der Waals surface area contributed by atoms with Crippen LogP contribution in [0.2, 0.25) is 10.2 Å². The Morgan fingerprint density at radius 2 is 1.97 bits per heavy atom. The Morgan fingerprint density at radius 3 is 2.76 bits per heavy atom. The van der Waals surface area contributed by atoms with Gasteiger partial charge in [-0.1, -0.05) is 29.3 Å². The first-order valence-corrected chi connectivity index (χ1v) is 11.0. The van der Waals surface area contributed by atoms with Crippen LogP contribution in [0.5, 0.6) is 0 Å². The molecule has 170 valence electrons. The van der Waals surface area contributed by atoms with Gasteiger partial charge in [-0.05, 0) is 49.4 Å². The van der Waals surface area contributed by atoms with Gasteiger partial charge in [0.25, 0.3) is 5.91 Å². The zero-order valence-electron chi connectivity index (χ0n) is 17.7. The van der Waals surface area contributed by atoms with E-state index in [2.05, 4.69) is 25.8 Å². The third-order valence-corrected chi connectivity index (χ3v) is 5.88. The van der Waals surface area contributed by atoms with Crippen molar-refractivity contribution in [2.24, 2.45) is 4.99 Å². The third-order valence-electron chi connectivity index (χ3n) is 5.44. The van der Waals surface area contributed by atoms with Gasteiger partial charge < -0.3 is 10.6 Å². The molecule has 5 rings (SSSR count). The first-order valence-electron chi connectivity index (χ1n) is 10.3. The van der Waals surface area contributed by atoms with Gasteiger partial charge in [0.2, 0.25) is 0 Å². The number of pyridine rings is 1. The number of carbonyl (C=O) groups is 1. The van der Waals surface area contributed by atoms with Gasteiger partial charge in [-0.25, -0.2) is 9.37 Å². The summed E-state index contributed by atoms with van der Waals surface area (Å²) in [5, 5.41) is 14.3. The Bertz CT molecular complexity index is 1500. The molecule has 0 aliphatic carbocycles. The number of H-pyrrole nitrogens is 1. The van der Waals surface area contributed by atoms with E-state index in [0.717, 1.165) is 10.9 Å². The predicted octanol–water partition coefficient (Wildman–Crippen LogP) is 5.41. The van der Waals surface area contributed by atoms with Gasteiger partial charge in [0.15, 0.2) is 0 Å². The van der Waals surface area contributed by atoms with Crippen LogP contribution in [0.25, 0.3) is 10.9 Å². The maximum Gasteiger partial charge on any atom is 0.255 e. The van der Waals surface area contributed by atoms with Crippen LogP contribution in [-0.2, 0) is 4.79 Å². The van der Waals surface area contributed by atoms with Crippen LogP contribution in [0.15, 0.2) is 77.2 Å². The van der Waals surface area contributed by atoms with Gasteiger partial charge in [-0.3, -0.25) is 14.9 Å². The monoisotopic (exact) mass is 494 g/mol. The van der Waals surface area contributed by atoms with Crippen molar-refractivity contribution in [3.8, 4) is 0 Å². The average molecular weight is 495 g/mol. The quantitative estimate of drug-likeness (QED) is 0.330. The van der Waals surface area contributed by atoms with Crippen molar-refractivity contribution >= 4 is 51.5 Å². The highest BCUT2D eigenvalue weighted by atomic mass is 35.5. The maximum atomic E-state index is 15.0. The number of nitrogens with zero attached hydrogens (tertiary/aromatic N) is 3. The second-order valence-corrected chi connectivity index (χ2v) is 8.53. The number of nitrogens with one attached hydrogen (secondary N) is 3. The summed E-state index contributed by atoms with van der Waals surface area (Å²) < 4.78 is 15.0. The summed E-state index contributed by atoms with van der Waals surface area (Å²) >= 11 is 12.0. The molecule has 1 aliphatic heterocycles. The highest BCUT2D eigenvalue weighted by Gasteiger charge is 2.31. The molecule has 1 unspecified atom stereocenters. The number of halogens is 3. The molecule has 7 nitrogen and oxygen atoms in total. The summed E-state index contributed by atoms with van der Waals surface area (Å²) in [5.74, 6) is -0.534. The fraction of sp³-hybridized carbons (Fsp3) is 0.0833. The summed E-state index contributed by atoms with van der Waals surface area (Å²) in [4.78, 5) is 22.1. The van der Waals surface area contributed by atoms with E-state index in [1.165, 1.54) is 12.1 Å². The van der Waals surface area contributed by atoms with Crippen molar-refractivity contribution in [3.05, 3.63) is 99.3 Å². The minimum absolute atomic E-state index is 0.221. The number of aromatic nitrogens is 3. The lowest BCUT2D eigenvalue weighted by Gasteiger charge is -2.27. The van der Waals surface area contributed by atoms with Gasteiger partial charge >= 0.3 is 0 Å². The van der Waals surface area contributed by atoms with E-state index in [4.69, 9.17) is 28.2 Å². The topological polar surface area (TPSA) is 95.1 Å². The van der Waals surface area contributed by atoms with Crippen LogP contribution in [0.4, 0.5) is 10.1 Å². The lowest BCUT2D eigenvalue weighted by atomic mass is 9.94. The molecule has 0 radical (unpaired) electrons. The lowest BCUT2D eigenvalue weighted by molar-refractivity contribution is -0.113. The normalized spacial score (nSPS) is 15.8. The van der Waals surface area contributed by atoms with Crippen molar-refractivity contribution in [3.63, 3.8) is 0 Å². The SMILES string of the molecule is CC1=C(C(=O)Nc2ccc3[nH]ncc3c2)C(c2ccc(Cl)cc2F)N=C(c2ccnc(Cl)c2)N1. The van der Waals surface area contributed by atoms with Crippen LogP contribution in [0, 0.1) is 5.82 Å². The summed E-state index contributed by atoms with van der Waals surface area (Å²) in [7, 11) is 0. The molecule has 10 heteroatoms. The second-order valence-electron chi connectivity index (χ2n) is 7.70. The number of carbonyl (C=O) groups excluding carboxylic acids is 1. The number of hydrogen-bond acceptors (Lipinski definition) is 5. The Kier molecular flexibility index (Phi) is 5.77. The van der Waals surface area contributed by atoms with Crippen molar-refractivity contribution in [2.45, 2.75) is 13.0 Å². The van der Waals surface area contributed by atoms with E-state index >= 15 is 0 Å². The molecule has 0 fully saturated rings. The average Bonchev–Trinajstić information content (AvgIpc) is 3.26. The zero-order valence-corrected chi connectivity index (χ0v) is 19.2. The highest BCUT2D eigenvalue weighted by molar-refractivity contribution is 6.30. The van der Waals surface area contributed by atoms with Crippen LogP contribution in [0.3, 0.4) is 0 Å². The van der Waals surface area contributed by atoms with E-state index in [9.17, 15) is 9.18 Å². The molecule has 0 bridgehead atoms. The standard InChI is InChI=1S/C24H17Cl2FN6O/c1-12-21(24(34)31-16-3-5-19-14(8-16)11-29-33-19)22(17-4-2-15(25)10-18(17)27)32-23(30-12)13-6-7-28-20(26)9-13/h2-11,22H,1H3,(H,29,33)(H,30,32)(H,31,34). The Balaban J connectivity index is 1.56. The number of benzene rings is 2. The molecule has 0 saturated carbocycles. The minimum atomic E-state index is -0.918. The summed E-state index contributed by atoms with van der Waals surface area (Å²) in [6.45, 7) is 1.74. The van der Waals surface area contributed by atoms with Gasteiger partial charge in [0.1, 0.15) is 22.8 Å². The number of aromatic amines is 1. The molecular formula is C24H17Cl2FN6O. The number of rotatable bonds is 4. The first kappa shape index (κ1) is 22.1. The van der Waals surface area contributed by atoms with Crippen molar-refractivity contribution in [1.29, 1.82) is 0 Å². The molecule has 0 saturated heterocycles. The van der Waals surface area contributed by atoms with Gasteiger partial charge in [0.05, 0.1) is 17.3 Å². The number of hydrogen-bond donors (Lipinski definition) is 3. The van der Waals surface area contributed by atoms with Crippen LogP contribution in [0.1, 0.15) is 24.1 Å². The minimum Gasteiger partial charge on any atom is -0.343 e. The van der Waals surface area contributed by atoms with Crippen molar-refractivity contribution < 1.29 is 9.18 Å². The largest absolute Gasteiger partial charge is 0.343 e. The molecule has 1 atom stereocenters. The van der Waals surface area contributed by atoms with Crippen LogP contribution in [-0.4, -0.2) is 26.9 Å². The van der Waals surface area contributed by atoms with Gasteiger partial charge in [-0.15, -0.1) is 0 Å². The van der Waals surface area contributed by atoms with E-state index in [1.54, 1.807) is 49.6 Å². The lowest BCUT2D eigenvalue weighted by Crippen LogP contribution is -2.34. The van der Waals surface area contributed by atoms with Gasteiger partial charge in [-0.2, -0.15) is 5.10 Å². The Morgan fingerprint density at radius 1 is 1.12 bits per heavy atom. The van der Waals surface area contributed by atoms with Gasteiger partial charge in [0, 0.05) is 39.1 Å². The summed E-state index contributed by atoms with van der Waals surface area (Å²) in [6, 6.07) is 12.1. The summed E-state index contributed by atoms with van der Waals surface area (Å²) in [5.41, 5.74) is 3.10. The van der Waals surface area contributed by atoms with Crippen LogP contribution >= 0.6 is 23.2 Å². The van der Waals surface area contributed by atoms with E-state index in [0.29, 0.717) is 22.8 Å². The first-order chi connectivity index (χ1) is 16.4. The number of aliphatic imine (C=N–C) groups is 1. The fourth-order valence-electron chi connectivity index (χ4n) is 3.83. The number of amides is 1. The fourth-order valence-corrected chi connectivity index (χ4v) is 4.17. The molecule has 34 heavy (non-hydrogen) atoms. The zero-order chi connectivity index (χ0) is 23.8. The van der Waals surface area contributed by atoms with E-state index < -0.39 is 17.8 Å². The van der Waals surface area contributed by atoms with E-state index in [-0.39, 0.29) is 21.3 Å². The molecule has 0 spiro atoms. The van der Waals surface area contributed by atoms with Crippen LogP contribution < -0.4 is 10.6 Å². The Labute approximate surface area is 203 Å². The molecule has 1 aliphatic rings. The number of allylic oxidation sites excluding steroid dienone is 1. The summed E-state index contributed by atoms with van der Waals surface area (Å²) in [6.07, 6.45) is 3.22. The number of anilines is 1. The van der Waals surface area contributed by atoms with Crippen molar-refractivity contribution in [2.75, 3.05) is 5.32 Å². The van der Waals surface area contributed by atoms with Crippen molar-refractivity contribution in [1.82, 2.24) is 20.5 Å². The molecule has 3 heterocycles. The molecule has 2 aromatic carbocycles. The molecule has 2 aromatic heterocycles. The Hall–Kier alpha value is -3.75. The second kappa shape index (κ2) is 8.89.